The van der Waals surface area contributed by atoms with E-state index < -0.39 is 70.5 Å². The van der Waals surface area contributed by atoms with Gasteiger partial charge in [-0.3, -0.25) is 4.79 Å². The Bertz CT molecular complexity index is 1210. The van der Waals surface area contributed by atoms with Crippen LogP contribution in [0.1, 0.15) is 68.6 Å². The van der Waals surface area contributed by atoms with Crippen molar-refractivity contribution in [3.63, 3.8) is 0 Å². The predicted octanol–water partition coefficient (Wildman–Crippen LogP) is 2.64. The quantitative estimate of drug-likeness (QED) is 0.431. The molecule has 2 saturated carbocycles. The Labute approximate surface area is 219 Å². The first kappa shape index (κ1) is 26.5. The summed E-state index contributed by atoms with van der Waals surface area (Å²) in [6.07, 6.45) is -2.25. The topological polar surface area (TPSA) is 155 Å². The van der Waals surface area contributed by atoms with E-state index in [9.17, 15) is 24.6 Å². The average molecular weight is 533 g/mol. The van der Waals surface area contributed by atoms with E-state index in [4.69, 9.17) is 27.8 Å². The summed E-state index contributed by atoms with van der Waals surface area (Å²) >= 11 is 0. The van der Waals surface area contributed by atoms with Gasteiger partial charge in [-0.2, -0.15) is 0 Å². The molecule has 5 rings (SSSR count). The van der Waals surface area contributed by atoms with E-state index >= 15 is 0 Å². The van der Waals surface area contributed by atoms with Crippen molar-refractivity contribution < 1.29 is 52.4 Å². The second kappa shape index (κ2) is 8.69. The first-order valence-electron chi connectivity index (χ1n) is 12.5. The van der Waals surface area contributed by atoms with Gasteiger partial charge in [-0.25, -0.2) is 9.59 Å². The van der Waals surface area contributed by atoms with Gasteiger partial charge in [-0.1, -0.05) is 0 Å². The number of fused-ring (bicyclic) bond motifs is 1. The standard InChI is InChI=1S/C27H32O11/c1-14(28)35-21-16(29)13-25(4,32)27-20(37-23(31)18-9-7-11-34-18)15(24(2,3)38-27)12-19(26(21,27)5)36-22(30)17-8-6-10-33-17/h6-11,15-16,19-21,29,32H,12-13H2,1-5H3/t15?,16-,19-,20+,21-,25-,26+,27?/m0/s1. The molecule has 2 aromatic rings. The van der Waals surface area contributed by atoms with Gasteiger partial charge in [0.25, 0.3) is 0 Å². The lowest BCUT2D eigenvalue weighted by Gasteiger charge is -2.65. The molecule has 0 aromatic carbocycles. The Morgan fingerprint density at radius 1 is 0.921 bits per heavy atom. The van der Waals surface area contributed by atoms with Crippen LogP contribution in [0.15, 0.2) is 45.6 Å². The highest BCUT2D eigenvalue weighted by Gasteiger charge is 2.84. The third kappa shape index (κ3) is 3.63. The van der Waals surface area contributed by atoms with Gasteiger partial charge in [0.05, 0.1) is 35.2 Å². The lowest BCUT2D eigenvalue weighted by Crippen LogP contribution is -2.81. The minimum Gasteiger partial charge on any atom is -0.459 e. The van der Waals surface area contributed by atoms with Crippen LogP contribution >= 0.6 is 0 Å². The molecule has 38 heavy (non-hydrogen) atoms. The maximum atomic E-state index is 13.1. The molecule has 1 saturated heterocycles. The third-order valence-corrected chi connectivity index (χ3v) is 8.59. The van der Waals surface area contributed by atoms with Crippen molar-refractivity contribution in [3.05, 3.63) is 48.3 Å². The Balaban J connectivity index is 1.68. The van der Waals surface area contributed by atoms with Gasteiger partial charge in [0.1, 0.15) is 23.9 Å². The van der Waals surface area contributed by atoms with Crippen LogP contribution in [-0.4, -0.2) is 69.3 Å². The molecule has 2 aromatic heterocycles. The summed E-state index contributed by atoms with van der Waals surface area (Å²) in [7, 11) is 0. The van der Waals surface area contributed by atoms with Crippen molar-refractivity contribution in [2.75, 3.05) is 0 Å². The van der Waals surface area contributed by atoms with E-state index in [-0.39, 0.29) is 24.4 Å². The molecule has 11 heteroatoms. The van der Waals surface area contributed by atoms with Gasteiger partial charge in [0.15, 0.2) is 0 Å². The maximum absolute atomic E-state index is 13.1. The van der Waals surface area contributed by atoms with Crippen LogP contribution in [0.25, 0.3) is 0 Å². The molecule has 3 heterocycles. The zero-order valence-corrected chi connectivity index (χ0v) is 21.8. The lowest BCUT2D eigenvalue weighted by atomic mass is 9.47. The molecule has 11 nitrogen and oxygen atoms in total. The van der Waals surface area contributed by atoms with Crippen LogP contribution in [-0.2, 0) is 23.7 Å². The Morgan fingerprint density at radius 2 is 1.50 bits per heavy atom. The number of aliphatic hydroxyl groups is 2. The molecule has 2 aliphatic carbocycles. The zero-order chi connectivity index (χ0) is 27.7. The molecule has 1 spiro atoms. The molecule has 2 N–H and O–H groups in total. The molecule has 3 fully saturated rings. The molecule has 2 bridgehead atoms. The molecular formula is C27H32O11. The summed E-state index contributed by atoms with van der Waals surface area (Å²) in [5.41, 5.74) is -6.18. The molecular weight excluding hydrogens is 500 g/mol. The van der Waals surface area contributed by atoms with Gasteiger partial charge in [-0.05, 0) is 58.4 Å². The van der Waals surface area contributed by atoms with Crippen molar-refractivity contribution in [1.29, 1.82) is 0 Å². The van der Waals surface area contributed by atoms with Gasteiger partial charge < -0.3 is 38.0 Å². The lowest BCUT2D eigenvalue weighted by molar-refractivity contribution is -0.342. The number of ether oxygens (including phenoxy) is 4. The molecule has 0 radical (unpaired) electrons. The number of esters is 3. The Hall–Kier alpha value is -3.15. The number of hydrogen-bond donors (Lipinski definition) is 2. The monoisotopic (exact) mass is 532 g/mol. The van der Waals surface area contributed by atoms with Gasteiger partial charge in [-0.15, -0.1) is 0 Å². The van der Waals surface area contributed by atoms with E-state index in [1.54, 1.807) is 26.8 Å². The van der Waals surface area contributed by atoms with E-state index in [2.05, 4.69) is 0 Å². The summed E-state index contributed by atoms with van der Waals surface area (Å²) < 4.78 is 34.8. The maximum Gasteiger partial charge on any atom is 0.374 e. The normalized spacial score (nSPS) is 39.2. The van der Waals surface area contributed by atoms with E-state index in [0.29, 0.717) is 0 Å². The number of carbonyl (C=O) groups is 3. The van der Waals surface area contributed by atoms with Gasteiger partial charge >= 0.3 is 17.9 Å². The SMILES string of the molecule is CC(=O)O[C@H]1[C@@H](O)C[C@](C)(O)C23OC(C)(C)C(C[C@H](OC(=O)c4ccco4)[C@]12C)[C@H]3OC(=O)c1ccco1. The molecule has 206 valence electrons. The summed E-state index contributed by atoms with van der Waals surface area (Å²) in [6.45, 7) is 7.86. The molecule has 3 aliphatic rings. The summed E-state index contributed by atoms with van der Waals surface area (Å²) in [5.74, 6) is -2.89. The van der Waals surface area contributed by atoms with Crippen molar-refractivity contribution in [2.45, 2.75) is 88.7 Å². The zero-order valence-electron chi connectivity index (χ0n) is 21.8. The van der Waals surface area contributed by atoms with Crippen molar-refractivity contribution in [1.82, 2.24) is 0 Å². The fraction of sp³-hybridized carbons (Fsp3) is 0.593. The second-order valence-electron chi connectivity index (χ2n) is 11.3. The fourth-order valence-electron chi connectivity index (χ4n) is 7.06. The number of carbonyl (C=O) groups excluding carboxylic acids is 3. The third-order valence-electron chi connectivity index (χ3n) is 8.59. The highest BCUT2D eigenvalue weighted by molar-refractivity contribution is 5.87. The minimum atomic E-state index is -1.83. The van der Waals surface area contributed by atoms with Crippen LogP contribution in [0.3, 0.4) is 0 Å². The van der Waals surface area contributed by atoms with Crippen LogP contribution in [0.5, 0.6) is 0 Å². The van der Waals surface area contributed by atoms with Crippen molar-refractivity contribution in [3.8, 4) is 0 Å². The Morgan fingerprint density at radius 3 is 2.03 bits per heavy atom. The van der Waals surface area contributed by atoms with Crippen molar-refractivity contribution in [2.24, 2.45) is 11.3 Å². The summed E-state index contributed by atoms with van der Waals surface area (Å²) in [6, 6.07) is 5.98. The molecule has 2 unspecified atom stereocenters. The summed E-state index contributed by atoms with van der Waals surface area (Å²) in [4.78, 5) is 38.5. The van der Waals surface area contributed by atoms with E-state index in [0.717, 1.165) is 0 Å². The van der Waals surface area contributed by atoms with Crippen LogP contribution in [0, 0.1) is 11.3 Å². The average Bonchev–Trinajstić information content (AvgIpc) is 3.56. The summed E-state index contributed by atoms with van der Waals surface area (Å²) in [5, 5.41) is 23.2. The number of aliphatic hydroxyl groups excluding tert-OH is 1. The Kier molecular flexibility index (Phi) is 6.05. The number of rotatable bonds is 5. The second-order valence-corrected chi connectivity index (χ2v) is 11.3. The van der Waals surface area contributed by atoms with Gasteiger partial charge in [0.2, 0.25) is 11.5 Å². The van der Waals surface area contributed by atoms with Gasteiger partial charge in [0, 0.05) is 19.3 Å². The van der Waals surface area contributed by atoms with Crippen molar-refractivity contribution >= 4 is 17.9 Å². The minimum absolute atomic E-state index is 0.0429. The first-order chi connectivity index (χ1) is 17.7. The number of hydrogen-bond acceptors (Lipinski definition) is 11. The largest absolute Gasteiger partial charge is 0.459 e. The van der Waals surface area contributed by atoms with Crippen LogP contribution in [0.2, 0.25) is 0 Å². The first-order valence-corrected chi connectivity index (χ1v) is 12.5. The highest BCUT2D eigenvalue weighted by Crippen LogP contribution is 2.68. The van der Waals surface area contributed by atoms with E-state index in [1.165, 1.54) is 44.6 Å². The predicted molar refractivity (Wildman–Crippen MR) is 127 cm³/mol. The van der Waals surface area contributed by atoms with Crippen LogP contribution in [0.4, 0.5) is 0 Å². The molecule has 1 aliphatic heterocycles. The smallest absolute Gasteiger partial charge is 0.374 e. The molecule has 8 atom stereocenters. The van der Waals surface area contributed by atoms with E-state index in [1.807, 2.05) is 0 Å². The number of furan rings is 2. The highest BCUT2D eigenvalue weighted by atomic mass is 16.6. The van der Waals surface area contributed by atoms with Crippen LogP contribution < -0.4 is 0 Å². The fourth-order valence-corrected chi connectivity index (χ4v) is 7.06. The molecule has 0 amide bonds.